The molecule has 8 heteroatoms. The number of piperidine rings is 1. The van der Waals surface area contributed by atoms with Gasteiger partial charge in [0.1, 0.15) is 5.82 Å². The number of hydrogen-bond donors (Lipinski definition) is 3. The Morgan fingerprint density at radius 1 is 1.24 bits per heavy atom. The van der Waals surface area contributed by atoms with E-state index in [0.717, 1.165) is 69.4 Å². The molecule has 2 amide bonds. The van der Waals surface area contributed by atoms with Crippen molar-refractivity contribution in [1.82, 2.24) is 9.88 Å². The fourth-order valence-corrected chi connectivity index (χ4v) is 5.35. The van der Waals surface area contributed by atoms with Crippen LogP contribution in [0.1, 0.15) is 50.5 Å². The summed E-state index contributed by atoms with van der Waals surface area (Å²) in [7, 11) is 0. The number of nitrogens with one attached hydrogen (secondary N) is 1. The number of aliphatic hydroxyl groups is 1. The van der Waals surface area contributed by atoms with Crippen molar-refractivity contribution in [3.8, 4) is 0 Å². The number of amides is 2. The van der Waals surface area contributed by atoms with Crippen LogP contribution in [0.3, 0.4) is 0 Å². The highest BCUT2D eigenvalue weighted by molar-refractivity contribution is 5.86. The van der Waals surface area contributed by atoms with Gasteiger partial charge in [-0.2, -0.15) is 0 Å². The Morgan fingerprint density at radius 3 is 2.69 bits per heavy atom. The van der Waals surface area contributed by atoms with Crippen molar-refractivity contribution in [2.45, 2.75) is 64.0 Å². The Kier molecular flexibility index (Phi) is 5.38. The largest absolute Gasteiger partial charge is 0.465 e. The van der Waals surface area contributed by atoms with Crippen molar-refractivity contribution in [2.24, 2.45) is 5.41 Å². The molecule has 3 aliphatic rings. The van der Waals surface area contributed by atoms with E-state index in [9.17, 15) is 14.7 Å². The summed E-state index contributed by atoms with van der Waals surface area (Å²) in [4.78, 5) is 33.1. The van der Waals surface area contributed by atoms with Crippen LogP contribution in [0.15, 0.2) is 12.3 Å². The van der Waals surface area contributed by atoms with Crippen LogP contribution in [0.25, 0.3) is 0 Å². The van der Waals surface area contributed by atoms with Gasteiger partial charge >= 0.3 is 6.09 Å². The van der Waals surface area contributed by atoms with Crippen LogP contribution in [0.4, 0.5) is 16.3 Å². The smallest absolute Gasteiger partial charge is 0.409 e. The Labute approximate surface area is 170 Å². The summed E-state index contributed by atoms with van der Waals surface area (Å²) in [5.74, 6) is 1.09. The van der Waals surface area contributed by atoms with E-state index >= 15 is 0 Å². The lowest BCUT2D eigenvalue weighted by Gasteiger charge is -2.41. The minimum Gasteiger partial charge on any atom is -0.465 e. The highest BCUT2D eigenvalue weighted by atomic mass is 16.4. The maximum absolute atomic E-state index is 13.4. The zero-order valence-corrected chi connectivity index (χ0v) is 16.9. The molecule has 3 heterocycles. The molecular weight excluding hydrogens is 372 g/mol. The van der Waals surface area contributed by atoms with Crippen molar-refractivity contribution in [3.05, 3.63) is 17.8 Å². The van der Waals surface area contributed by atoms with Crippen LogP contribution in [0.5, 0.6) is 0 Å². The van der Waals surface area contributed by atoms with Gasteiger partial charge in [-0.05, 0) is 63.5 Å². The maximum atomic E-state index is 13.4. The molecule has 1 aromatic rings. The van der Waals surface area contributed by atoms with Gasteiger partial charge in [0.15, 0.2) is 0 Å². The number of aromatic nitrogens is 1. The summed E-state index contributed by atoms with van der Waals surface area (Å²) in [6.07, 6.45) is 6.30. The molecular formula is C21H30N4O4. The first-order valence-electron chi connectivity index (χ1n) is 10.6. The van der Waals surface area contributed by atoms with E-state index in [4.69, 9.17) is 5.11 Å². The monoisotopic (exact) mass is 402 g/mol. The number of rotatable bonds is 3. The van der Waals surface area contributed by atoms with Crippen molar-refractivity contribution >= 4 is 23.5 Å². The number of hydrogen-bond acceptors (Lipinski definition) is 5. The third kappa shape index (κ3) is 3.90. The molecule has 1 aliphatic carbocycles. The van der Waals surface area contributed by atoms with Crippen LogP contribution in [-0.4, -0.2) is 63.9 Å². The van der Waals surface area contributed by atoms with E-state index in [-0.39, 0.29) is 23.5 Å². The maximum Gasteiger partial charge on any atom is 0.409 e. The Bertz CT molecular complexity index is 793. The van der Waals surface area contributed by atoms with E-state index in [1.807, 2.05) is 6.92 Å². The SMILES string of the molecule is Cc1cc(NC(=O)O)cnc1N1CCC[C@]2(CCN([C@H]3CC[C@H](O)CC3)C2=O)C1. The second kappa shape index (κ2) is 7.82. The predicted molar refractivity (Wildman–Crippen MR) is 109 cm³/mol. The summed E-state index contributed by atoms with van der Waals surface area (Å²) in [6, 6.07) is 2.05. The first kappa shape index (κ1) is 19.9. The van der Waals surface area contributed by atoms with Crippen LogP contribution >= 0.6 is 0 Å². The zero-order valence-electron chi connectivity index (χ0n) is 16.9. The Morgan fingerprint density at radius 2 is 2.00 bits per heavy atom. The van der Waals surface area contributed by atoms with E-state index in [0.29, 0.717) is 12.2 Å². The third-order valence-corrected chi connectivity index (χ3v) is 6.83. The van der Waals surface area contributed by atoms with Gasteiger partial charge in [0.05, 0.1) is 23.4 Å². The molecule has 0 aromatic carbocycles. The number of carbonyl (C=O) groups excluding carboxylic acids is 1. The molecule has 1 saturated carbocycles. The molecule has 158 valence electrons. The highest BCUT2D eigenvalue weighted by Crippen LogP contribution is 2.43. The molecule has 3 fully saturated rings. The number of aryl methyl sites for hydroxylation is 1. The van der Waals surface area contributed by atoms with Gasteiger partial charge in [-0.15, -0.1) is 0 Å². The summed E-state index contributed by atoms with van der Waals surface area (Å²) >= 11 is 0. The van der Waals surface area contributed by atoms with Gasteiger partial charge in [-0.1, -0.05) is 0 Å². The van der Waals surface area contributed by atoms with Crippen LogP contribution < -0.4 is 10.2 Å². The van der Waals surface area contributed by atoms with Gasteiger partial charge in [0.2, 0.25) is 5.91 Å². The molecule has 2 saturated heterocycles. The second-order valence-corrected chi connectivity index (χ2v) is 8.81. The van der Waals surface area contributed by atoms with Crippen LogP contribution in [0.2, 0.25) is 0 Å². The minimum absolute atomic E-state index is 0.212. The number of likely N-dealkylation sites (tertiary alicyclic amines) is 1. The van der Waals surface area contributed by atoms with E-state index < -0.39 is 6.09 Å². The van der Waals surface area contributed by atoms with Gasteiger partial charge in [-0.25, -0.2) is 9.78 Å². The van der Waals surface area contributed by atoms with Crippen LogP contribution in [0, 0.1) is 12.3 Å². The molecule has 1 aromatic heterocycles. The summed E-state index contributed by atoms with van der Waals surface area (Å²) in [6.45, 7) is 4.25. The summed E-state index contributed by atoms with van der Waals surface area (Å²) in [5.41, 5.74) is 1.00. The molecule has 8 nitrogen and oxygen atoms in total. The summed E-state index contributed by atoms with van der Waals surface area (Å²) < 4.78 is 0. The molecule has 1 atom stereocenters. The number of nitrogens with zero attached hydrogens (tertiary/aromatic N) is 3. The lowest BCUT2D eigenvalue weighted by Crippen LogP contribution is -2.50. The van der Waals surface area contributed by atoms with Crippen LogP contribution in [-0.2, 0) is 4.79 Å². The molecule has 0 bridgehead atoms. The topological polar surface area (TPSA) is 106 Å². The van der Waals surface area contributed by atoms with E-state index in [1.165, 1.54) is 6.20 Å². The Hall–Kier alpha value is -2.35. The standard InChI is InChI=1S/C21H30N4O4/c1-14-11-15(23-20(28)29)12-22-18(14)24-9-2-7-21(13-24)8-10-25(19(21)27)16-3-5-17(26)6-4-16/h11-12,16-17,23,26H,2-10,13H2,1H3,(H,28,29)/t16-,17-,21-/m0/s1. The van der Waals surface area contributed by atoms with Gasteiger partial charge in [-0.3, -0.25) is 10.1 Å². The number of anilines is 2. The number of pyridine rings is 1. The molecule has 4 rings (SSSR count). The molecule has 2 aliphatic heterocycles. The van der Waals surface area contributed by atoms with E-state index in [1.54, 1.807) is 6.07 Å². The third-order valence-electron chi connectivity index (χ3n) is 6.83. The molecule has 0 unspecified atom stereocenters. The average molecular weight is 402 g/mol. The van der Waals surface area contributed by atoms with Crippen molar-refractivity contribution in [3.63, 3.8) is 0 Å². The Balaban J connectivity index is 1.48. The first-order chi connectivity index (χ1) is 13.9. The van der Waals surface area contributed by atoms with Gasteiger partial charge in [0.25, 0.3) is 0 Å². The molecule has 0 radical (unpaired) electrons. The molecule has 1 spiro atoms. The number of carboxylic acid groups (broad SMARTS) is 1. The fourth-order valence-electron chi connectivity index (χ4n) is 5.35. The molecule has 3 N–H and O–H groups in total. The lowest BCUT2D eigenvalue weighted by atomic mass is 9.78. The lowest BCUT2D eigenvalue weighted by molar-refractivity contribution is -0.139. The van der Waals surface area contributed by atoms with Crippen molar-refractivity contribution < 1.29 is 19.8 Å². The van der Waals surface area contributed by atoms with E-state index in [2.05, 4.69) is 20.1 Å². The second-order valence-electron chi connectivity index (χ2n) is 8.81. The minimum atomic E-state index is -1.11. The quantitative estimate of drug-likeness (QED) is 0.718. The number of carbonyl (C=O) groups is 2. The normalized spacial score (nSPS) is 30.1. The van der Waals surface area contributed by atoms with Crippen molar-refractivity contribution in [2.75, 3.05) is 29.9 Å². The van der Waals surface area contributed by atoms with Crippen molar-refractivity contribution in [1.29, 1.82) is 0 Å². The first-order valence-corrected chi connectivity index (χ1v) is 10.6. The molecule has 29 heavy (non-hydrogen) atoms. The average Bonchev–Trinajstić information content (AvgIpc) is 2.98. The fraction of sp³-hybridized carbons (Fsp3) is 0.667. The zero-order chi connectivity index (χ0) is 20.6. The van der Waals surface area contributed by atoms with Gasteiger partial charge < -0.3 is 20.0 Å². The predicted octanol–water partition coefficient (Wildman–Crippen LogP) is 2.60. The summed E-state index contributed by atoms with van der Waals surface area (Å²) in [5, 5.41) is 21.0. The highest BCUT2D eigenvalue weighted by Gasteiger charge is 2.50. The number of aliphatic hydroxyl groups excluding tert-OH is 1. The van der Waals surface area contributed by atoms with Gasteiger partial charge in [0, 0.05) is 25.7 Å².